The molecule has 0 aliphatic carbocycles. The van der Waals surface area contributed by atoms with Gasteiger partial charge >= 0.3 is 6.09 Å². The number of hydrogen-bond donors (Lipinski definition) is 5. The number of phenolic OH excluding ortho intramolecular Hbond substituents is 1. The number of carbonyl (C=O) groups is 3. The average Bonchev–Trinajstić information content (AvgIpc) is 3.30. The number of amides is 2. The molecule has 1 unspecified atom stereocenters. The van der Waals surface area contributed by atoms with Crippen molar-refractivity contribution in [2.45, 2.75) is 71.1 Å². The van der Waals surface area contributed by atoms with Gasteiger partial charge < -0.3 is 35.1 Å². The number of likely N-dealkylation sites (tertiary alicyclic amines) is 1. The lowest BCUT2D eigenvalue weighted by atomic mass is 9.98. The molecule has 12 heteroatoms. The molecule has 2 amide bonds. The van der Waals surface area contributed by atoms with Crippen LogP contribution in [0.25, 0.3) is 22.0 Å². The summed E-state index contributed by atoms with van der Waals surface area (Å²) < 4.78 is 5.79. The molecule has 0 bridgehead atoms. The summed E-state index contributed by atoms with van der Waals surface area (Å²) in [6.45, 7) is 4.34. The number of aliphatic hydroxyl groups excluding tert-OH is 1. The number of pyridine rings is 1. The molecule has 1 aliphatic heterocycles. The van der Waals surface area contributed by atoms with Gasteiger partial charge in [0.25, 0.3) is 0 Å². The smallest absolute Gasteiger partial charge is 0.411 e. The molecule has 1 aromatic heterocycles. The maximum atomic E-state index is 13.4. The first-order valence-corrected chi connectivity index (χ1v) is 21.6. The molecule has 0 spiro atoms. The highest BCUT2D eigenvalue weighted by molar-refractivity contribution is 5.99. The Morgan fingerprint density at radius 2 is 1.59 bits per heavy atom. The fourth-order valence-corrected chi connectivity index (χ4v) is 8.17. The number of anilines is 2. The number of phenols is 1. The van der Waals surface area contributed by atoms with Crippen LogP contribution in [0.3, 0.4) is 0 Å². The number of aromatic hydroxyl groups is 1. The Kier molecular flexibility index (Phi) is 16.2. The zero-order chi connectivity index (χ0) is 44.3. The number of ketones is 1. The fraction of sp³-hybridized carbons (Fsp3) is 0.308. The van der Waals surface area contributed by atoms with E-state index in [1.165, 1.54) is 12.1 Å². The fourth-order valence-electron chi connectivity index (χ4n) is 8.17. The van der Waals surface area contributed by atoms with Crippen LogP contribution in [0.15, 0.2) is 132 Å². The first-order chi connectivity index (χ1) is 30.5. The third kappa shape index (κ3) is 12.3. The van der Waals surface area contributed by atoms with Crippen molar-refractivity contribution in [1.29, 1.82) is 0 Å². The number of piperidine rings is 1. The summed E-state index contributed by atoms with van der Waals surface area (Å²) >= 11 is 0. The number of hydrogen-bond acceptors (Lipinski definition) is 9. The van der Waals surface area contributed by atoms with Crippen LogP contribution in [0.2, 0.25) is 0 Å². The summed E-state index contributed by atoms with van der Waals surface area (Å²) in [4.78, 5) is 57.8. The minimum Gasteiger partial charge on any atom is -0.506 e. The quantitative estimate of drug-likeness (QED) is 0.0565. The summed E-state index contributed by atoms with van der Waals surface area (Å²) in [5, 5.41) is 28.1. The van der Waals surface area contributed by atoms with Gasteiger partial charge in [0.05, 0.1) is 17.3 Å². The predicted octanol–water partition coefficient (Wildman–Crippen LogP) is 8.67. The third-order valence-corrected chi connectivity index (χ3v) is 11.7. The molecular formula is C52H59N5O7. The molecule has 5 aromatic carbocycles. The van der Waals surface area contributed by atoms with Gasteiger partial charge in [-0.1, -0.05) is 98.4 Å². The highest BCUT2D eigenvalue weighted by Gasteiger charge is 2.24. The molecule has 0 radical (unpaired) electrons. The van der Waals surface area contributed by atoms with Crippen molar-refractivity contribution in [1.82, 2.24) is 15.2 Å². The van der Waals surface area contributed by atoms with E-state index < -0.39 is 12.2 Å². The number of para-hydroxylation sites is 1. The molecule has 2 heterocycles. The molecule has 334 valence electrons. The van der Waals surface area contributed by atoms with E-state index in [4.69, 9.17) is 4.74 Å². The van der Waals surface area contributed by atoms with E-state index in [0.29, 0.717) is 91.6 Å². The van der Waals surface area contributed by atoms with Crippen molar-refractivity contribution in [3.05, 3.63) is 160 Å². The van der Waals surface area contributed by atoms with Crippen molar-refractivity contribution >= 4 is 40.1 Å². The van der Waals surface area contributed by atoms with Gasteiger partial charge in [0, 0.05) is 80.4 Å². The van der Waals surface area contributed by atoms with Gasteiger partial charge in [0.2, 0.25) is 11.5 Å². The van der Waals surface area contributed by atoms with Crippen LogP contribution in [0.4, 0.5) is 16.2 Å². The molecule has 5 N–H and O–H groups in total. The normalized spacial score (nSPS) is 14.0. The summed E-state index contributed by atoms with van der Waals surface area (Å²) in [6, 6.07) is 39.1. The molecule has 0 saturated carbocycles. The van der Waals surface area contributed by atoms with E-state index in [1.54, 1.807) is 36.2 Å². The first kappa shape index (κ1) is 46.9. The monoisotopic (exact) mass is 865 g/mol. The van der Waals surface area contributed by atoms with Gasteiger partial charge in [0.15, 0.2) is 5.78 Å². The number of benzene rings is 5. The Bertz CT molecular complexity index is 2590. The zero-order valence-corrected chi connectivity index (χ0v) is 35.8. The van der Waals surface area contributed by atoms with Gasteiger partial charge in [-0.25, -0.2) is 4.79 Å². The van der Waals surface area contributed by atoms with Crippen LogP contribution in [-0.2, 0) is 22.4 Å². The van der Waals surface area contributed by atoms with Gasteiger partial charge in [0.1, 0.15) is 11.9 Å². The number of nitrogens with zero attached hydrogens (tertiary/aromatic N) is 2. The molecule has 7 rings (SSSR count). The lowest BCUT2D eigenvalue weighted by Gasteiger charge is -2.31. The second kappa shape index (κ2) is 22.2. The number of aliphatic hydroxyl groups is 1. The summed E-state index contributed by atoms with van der Waals surface area (Å²) in [6.07, 6.45) is 1.74. The highest BCUT2D eigenvalue weighted by Crippen LogP contribution is 2.30. The largest absolute Gasteiger partial charge is 0.506 e. The molecule has 1 aliphatic rings. The Hall–Kier alpha value is -6.60. The second-order valence-electron chi connectivity index (χ2n) is 16.3. The van der Waals surface area contributed by atoms with Crippen molar-refractivity contribution < 1.29 is 29.3 Å². The highest BCUT2D eigenvalue weighted by atomic mass is 16.6. The Labute approximate surface area is 374 Å². The Balaban J connectivity index is 0.00000680. The third-order valence-electron chi connectivity index (χ3n) is 11.7. The summed E-state index contributed by atoms with van der Waals surface area (Å²) in [5.41, 5.74) is 6.58. The molecule has 6 aromatic rings. The number of aromatic amines is 1. The van der Waals surface area contributed by atoms with E-state index in [0.717, 1.165) is 22.3 Å². The minimum absolute atomic E-state index is 0. The summed E-state index contributed by atoms with van der Waals surface area (Å²) in [7, 11) is 1.74. The number of fused-ring (bicyclic) bond motifs is 1. The van der Waals surface area contributed by atoms with Gasteiger partial charge in [-0.3, -0.25) is 19.7 Å². The lowest BCUT2D eigenvalue weighted by molar-refractivity contribution is -0.118. The number of carbonyl (C=O) groups excluding carboxylic acids is 3. The van der Waals surface area contributed by atoms with E-state index in [9.17, 15) is 29.4 Å². The SMILES string of the molecule is C.CC(Cc1cccc(CCC(=O)c2cccc(N(C)C(=O)CCN3CCC(OC(=O)Nc4ccccc4-c4ccccc4)CC3)c2)c1)NC[C@H](O)c1ccc(O)c2[nH]c(=O)ccc12. The van der Waals surface area contributed by atoms with Crippen LogP contribution >= 0.6 is 0 Å². The van der Waals surface area contributed by atoms with Gasteiger partial charge in [-0.05, 0) is 85.2 Å². The van der Waals surface area contributed by atoms with E-state index in [2.05, 4.69) is 26.6 Å². The molecule has 64 heavy (non-hydrogen) atoms. The number of Topliss-reactive ketones (excluding diaryl/α,β-unsaturated/α-hetero) is 1. The lowest BCUT2D eigenvalue weighted by Crippen LogP contribution is -2.40. The Morgan fingerprint density at radius 1 is 0.859 bits per heavy atom. The molecule has 1 fully saturated rings. The standard InChI is InChI=1S/C51H55N5O7.CH4/c1-34(52-33-47(59)42-19-22-46(58)50-43(42)20-23-48(60)54-50)30-36-11-8-10-35(31-36)18-21-45(57)38-14-9-15-39(32-38)55(2)49(61)26-29-56-27-24-40(25-28-56)63-51(62)53-44-17-7-6-16-41(44)37-12-4-3-5-13-37;/h3-17,19-20,22-23,31-32,34,40,47,52,58-59H,18,21,24-30,33H2,1-2H3,(H,53,62)(H,54,60);1H4/t34?,47-;/m0./s1. The van der Waals surface area contributed by atoms with Crippen molar-refractivity contribution in [2.24, 2.45) is 0 Å². The number of rotatable bonds is 17. The molecule has 1 saturated heterocycles. The number of H-pyrrole nitrogens is 1. The Morgan fingerprint density at radius 3 is 2.39 bits per heavy atom. The molecular weight excluding hydrogens is 807 g/mol. The maximum Gasteiger partial charge on any atom is 0.411 e. The van der Waals surface area contributed by atoms with Crippen molar-refractivity contribution in [3.63, 3.8) is 0 Å². The van der Waals surface area contributed by atoms with E-state index >= 15 is 0 Å². The topological polar surface area (TPSA) is 164 Å². The van der Waals surface area contributed by atoms with E-state index in [1.807, 2.05) is 91.9 Å². The number of ether oxygens (including phenoxy) is 1. The first-order valence-electron chi connectivity index (χ1n) is 21.6. The minimum atomic E-state index is -0.857. The van der Waals surface area contributed by atoms with Crippen LogP contribution in [0.1, 0.15) is 73.2 Å². The maximum absolute atomic E-state index is 13.4. The average molecular weight is 866 g/mol. The molecule has 12 nitrogen and oxygen atoms in total. The van der Waals surface area contributed by atoms with Crippen molar-refractivity contribution in [2.75, 3.05) is 43.4 Å². The zero-order valence-electron chi connectivity index (χ0n) is 35.8. The van der Waals surface area contributed by atoms with Crippen LogP contribution < -0.4 is 21.1 Å². The predicted molar refractivity (Wildman–Crippen MR) is 254 cm³/mol. The number of nitrogens with one attached hydrogen (secondary N) is 3. The van der Waals surface area contributed by atoms with Gasteiger partial charge in [-0.15, -0.1) is 0 Å². The van der Waals surface area contributed by atoms with Crippen LogP contribution in [0.5, 0.6) is 5.75 Å². The van der Waals surface area contributed by atoms with E-state index in [-0.39, 0.29) is 49.1 Å². The summed E-state index contributed by atoms with van der Waals surface area (Å²) in [5.74, 6) is -0.0993. The number of aromatic nitrogens is 1. The van der Waals surface area contributed by atoms with Gasteiger partial charge in [-0.2, -0.15) is 0 Å². The second-order valence-corrected chi connectivity index (χ2v) is 16.3. The number of aryl methyl sites for hydroxylation is 1. The molecule has 2 atom stereocenters. The van der Waals surface area contributed by atoms with Crippen molar-refractivity contribution in [3.8, 4) is 16.9 Å². The van der Waals surface area contributed by atoms with Crippen LogP contribution in [0, 0.1) is 0 Å². The van der Waals surface area contributed by atoms with Crippen LogP contribution in [-0.4, -0.2) is 83.3 Å².